The largest absolute Gasteiger partial charge is 0.309 e. The van der Waals surface area contributed by atoms with E-state index in [1.54, 1.807) is 11.3 Å². The van der Waals surface area contributed by atoms with E-state index in [4.69, 9.17) is 0 Å². The van der Waals surface area contributed by atoms with Gasteiger partial charge in [-0.25, -0.2) is 4.98 Å². The Labute approximate surface area is 118 Å². The summed E-state index contributed by atoms with van der Waals surface area (Å²) in [5, 5.41) is 11.1. The summed E-state index contributed by atoms with van der Waals surface area (Å²) in [6, 6.07) is 2.43. The molecule has 0 radical (unpaired) electrons. The standard InChI is InChI=1S/C14H22N4S/c1-4-8-15-13(14-10-19-11(2)17-14)6-5-12-7-9-16-18(12)3/h7,9-10,13,15H,4-6,8H2,1-3H3. The van der Waals surface area contributed by atoms with Crippen molar-refractivity contribution in [3.05, 3.63) is 34.0 Å². The van der Waals surface area contributed by atoms with Gasteiger partial charge >= 0.3 is 0 Å². The first kappa shape index (κ1) is 14.2. The average Bonchev–Trinajstić information content (AvgIpc) is 2.99. The molecule has 1 N–H and O–H groups in total. The predicted molar refractivity (Wildman–Crippen MR) is 79.4 cm³/mol. The third kappa shape index (κ3) is 3.88. The Kier molecular flexibility index (Phi) is 5.10. The van der Waals surface area contributed by atoms with Gasteiger partial charge in [0.1, 0.15) is 0 Å². The molecular formula is C14H22N4S. The van der Waals surface area contributed by atoms with Crippen LogP contribution in [0.3, 0.4) is 0 Å². The van der Waals surface area contributed by atoms with Gasteiger partial charge in [-0.3, -0.25) is 4.68 Å². The van der Waals surface area contributed by atoms with Gasteiger partial charge in [-0.1, -0.05) is 6.92 Å². The Hall–Kier alpha value is -1.20. The molecule has 5 heteroatoms. The molecule has 0 spiro atoms. The van der Waals surface area contributed by atoms with E-state index in [1.807, 2.05) is 17.9 Å². The fourth-order valence-electron chi connectivity index (χ4n) is 2.15. The Balaban J connectivity index is 1.99. The van der Waals surface area contributed by atoms with E-state index in [-0.39, 0.29) is 0 Å². The zero-order chi connectivity index (χ0) is 13.7. The van der Waals surface area contributed by atoms with Gasteiger partial charge in [0.25, 0.3) is 0 Å². The van der Waals surface area contributed by atoms with Crippen LogP contribution in [-0.2, 0) is 13.5 Å². The van der Waals surface area contributed by atoms with Crippen LogP contribution in [0, 0.1) is 6.92 Å². The lowest BCUT2D eigenvalue weighted by Gasteiger charge is -2.16. The summed E-state index contributed by atoms with van der Waals surface area (Å²) < 4.78 is 1.95. The second kappa shape index (κ2) is 6.82. The van der Waals surface area contributed by atoms with E-state index >= 15 is 0 Å². The van der Waals surface area contributed by atoms with Gasteiger partial charge in [-0.2, -0.15) is 5.10 Å². The van der Waals surface area contributed by atoms with Gasteiger partial charge < -0.3 is 5.32 Å². The maximum Gasteiger partial charge on any atom is 0.0898 e. The second-order valence-corrected chi connectivity index (χ2v) is 5.85. The van der Waals surface area contributed by atoms with Crippen molar-refractivity contribution in [3.63, 3.8) is 0 Å². The van der Waals surface area contributed by atoms with Crippen molar-refractivity contribution >= 4 is 11.3 Å². The fraction of sp³-hybridized carbons (Fsp3) is 0.571. The van der Waals surface area contributed by atoms with E-state index in [2.05, 4.69) is 40.7 Å². The Morgan fingerprint density at radius 2 is 2.32 bits per heavy atom. The highest BCUT2D eigenvalue weighted by Gasteiger charge is 2.14. The van der Waals surface area contributed by atoms with E-state index in [0.29, 0.717) is 6.04 Å². The maximum absolute atomic E-state index is 4.62. The Morgan fingerprint density at radius 3 is 2.89 bits per heavy atom. The predicted octanol–water partition coefficient (Wildman–Crippen LogP) is 2.86. The summed E-state index contributed by atoms with van der Waals surface area (Å²) in [6.45, 7) is 5.29. The molecule has 0 saturated heterocycles. The van der Waals surface area contributed by atoms with Crippen LogP contribution in [0.1, 0.15) is 42.2 Å². The van der Waals surface area contributed by atoms with Crippen LogP contribution >= 0.6 is 11.3 Å². The fourth-order valence-corrected chi connectivity index (χ4v) is 2.82. The molecule has 0 aliphatic heterocycles. The molecule has 2 heterocycles. The molecule has 0 amide bonds. The van der Waals surface area contributed by atoms with Gasteiger partial charge in [-0.15, -0.1) is 11.3 Å². The van der Waals surface area contributed by atoms with Crippen molar-refractivity contribution < 1.29 is 0 Å². The summed E-state index contributed by atoms with van der Waals surface area (Å²) in [4.78, 5) is 4.62. The van der Waals surface area contributed by atoms with Crippen LogP contribution < -0.4 is 5.32 Å². The summed E-state index contributed by atoms with van der Waals surface area (Å²) in [5.41, 5.74) is 2.45. The van der Waals surface area contributed by atoms with Gasteiger partial charge in [0, 0.05) is 24.3 Å². The number of thiazole rings is 1. The second-order valence-electron chi connectivity index (χ2n) is 4.78. The van der Waals surface area contributed by atoms with Crippen molar-refractivity contribution in [3.8, 4) is 0 Å². The number of rotatable bonds is 7. The third-order valence-electron chi connectivity index (χ3n) is 3.25. The number of hydrogen-bond donors (Lipinski definition) is 1. The molecule has 19 heavy (non-hydrogen) atoms. The van der Waals surface area contributed by atoms with E-state index in [0.717, 1.165) is 30.8 Å². The van der Waals surface area contributed by atoms with Crippen LogP contribution in [0.25, 0.3) is 0 Å². The Morgan fingerprint density at radius 1 is 1.47 bits per heavy atom. The molecule has 1 atom stereocenters. The third-order valence-corrected chi connectivity index (χ3v) is 4.04. The molecule has 0 aliphatic rings. The molecule has 0 bridgehead atoms. The summed E-state index contributed by atoms with van der Waals surface area (Å²) in [7, 11) is 2.00. The first-order chi connectivity index (χ1) is 9.20. The van der Waals surface area contributed by atoms with Crippen LogP contribution in [0.5, 0.6) is 0 Å². The lowest BCUT2D eigenvalue weighted by molar-refractivity contribution is 0.483. The molecule has 2 rings (SSSR count). The van der Waals surface area contributed by atoms with E-state index < -0.39 is 0 Å². The molecule has 0 aromatic carbocycles. The lowest BCUT2D eigenvalue weighted by atomic mass is 10.1. The average molecular weight is 278 g/mol. The minimum atomic E-state index is 0.347. The van der Waals surface area contributed by atoms with Crippen molar-refractivity contribution in [1.29, 1.82) is 0 Å². The molecule has 2 aromatic rings. The number of aromatic nitrogens is 3. The van der Waals surface area contributed by atoms with Crippen LogP contribution in [0.2, 0.25) is 0 Å². The van der Waals surface area contributed by atoms with Crippen LogP contribution in [0.4, 0.5) is 0 Å². The number of nitrogens with zero attached hydrogens (tertiary/aromatic N) is 3. The number of aryl methyl sites for hydroxylation is 3. The zero-order valence-corrected chi connectivity index (χ0v) is 12.7. The van der Waals surface area contributed by atoms with Crippen molar-refractivity contribution in [2.24, 2.45) is 7.05 Å². The molecule has 0 saturated carbocycles. The number of nitrogens with one attached hydrogen (secondary N) is 1. The normalized spacial score (nSPS) is 12.8. The lowest BCUT2D eigenvalue weighted by Crippen LogP contribution is -2.23. The summed E-state index contributed by atoms with van der Waals surface area (Å²) >= 11 is 1.72. The van der Waals surface area contributed by atoms with Crippen molar-refractivity contribution in [2.45, 2.75) is 39.2 Å². The van der Waals surface area contributed by atoms with Gasteiger partial charge in [0.05, 0.1) is 16.7 Å². The summed E-state index contributed by atoms with van der Waals surface area (Å²) in [5.74, 6) is 0. The Bertz CT molecular complexity index is 503. The SMILES string of the molecule is CCCNC(CCc1ccnn1C)c1csc(C)n1. The molecule has 0 fully saturated rings. The van der Waals surface area contributed by atoms with Crippen LogP contribution in [0.15, 0.2) is 17.6 Å². The maximum atomic E-state index is 4.62. The molecule has 0 aliphatic carbocycles. The van der Waals surface area contributed by atoms with Gasteiger partial charge in [-0.05, 0) is 38.8 Å². The van der Waals surface area contributed by atoms with Gasteiger partial charge in [0.2, 0.25) is 0 Å². The molecule has 2 aromatic heterocycles. The van der Waals surface area contributed by atoms with Crippen molar-refractivity contribution in [2.75, 3.05) is 6.54 Å². The minimum absolute atomic E-state index is 0.347. The number of hydrogen-bond acceptors (Lipinski definition) is 4. The highest BCUT2D eigenvalue weighted by Crippen LogP contribution is 2.21. The molecule has 104 valence electrons. The van der Waals surface area contributed by atoms with E-state index in [1.165, 1.54) is 11.4 Å². The highest BCUT2D eigenvalue weighted by molar-refractivity contribution is 7.09. The molecular weight excluding hydrogens is 256 g/mol. The van der Waals surface area contributed by atoms with Gasteiger partial charge in [0.15, 0.2) is 0 Å². The van der Waals surface area contributed by atoms with Crippen molar-refractivity contribution in [1.82, 2.24) is 20.1 Å². The molecule has 1 unspecified atom stereocenters. The first-order valence-corrected chi connectivity index (χ1v) is 7.71. The molecule has 4 nitrogen and oxygen atoms in total. The topological polar surface area (TPSA) is 42.7 Å². The summed E-state index contributed by atoms with van der Waals surface area (Å²) in [6.07, 6.45) is 5.08. The smallest absolute Gasteiger partial charge is 0.0898 e. The zero-order valence-electron chi connectivity index (χ0n) is 11.9. The monoisotopic (exact) mass is 278 g/mol. The first-order valence-electron chi connectivity index (χ1n) is 6.83. The minimum Gasteiger partial charge on any atom is -0.309 e. The highest BCUT2D eigenvalue weighted by atomic mass is 32.1. The van der Waals surface area contributed by atoms with Crippen LogP contribution in [-0.4, -0.2) is 21.3 Å². The van der Waals surface area contributed by atoms with E-state index in [9.17, 15) is 0 Å². The quantitative estimate of drug-likeness (QED) is 0.847.